The number of nitrogens with zero attached hydrogens (tertiary/aromatic N) is 2. The molecule has 6 nitrogen and oxygen atoms in total. The van der Waals surface area contributed by atoms with Gasteiger partial charge in [-0.25, -0.2) is 0 Å². The van der Waals surface area contributed by atoms with E-state index in [9.17, 15) is 35.9 Å². The highest BCUT2D eigenvalue weighted by atomic mass is 19.4. The highest BCUT2D eigenvalue weighted by Gasteiger charge is 2.44. The fourth-order valence-corrected chi connectivity index (χ4v) is 6.66. The van der Waals surface area contributed by atoms with E-state index >= 15 is 0 Å². The van der Waals surface area contributed by atoms with Crippen LogP contribution in [0.25, 0.3) is 10.9 Å². The van der Waals surface area contributed by atoms with Crippen LogP contribution in [0.1, 0.15) is 41.1 Å². The molecule has 1 aromatic heterocycles. The van der Waals surface area contributed by atoms with Gasteiger partial charge in [0.15, 0.2) is 0 Å². The van der Waals surface area contributed by atoms with Gasteiger partial charge in [-0.1, -0.05) is 24.3 Å². The number of rotatable bonds is 8. The second-order valence-electron chi connectivity index (χ2n) is 11.5. The Kier molecular flexibility index (Phi) is 7.51. The minimum atomic E-state index is -5.01. The maximum Gasteiger partial charge on any atom is 0.416 e. The van der Waals surface area contributed by atoms with Gasteiger partial charge in [0.2, 0.25) is 0 Å². The van der Waals surface area contributed by atoms with Gasteiger partial charge in [0, 0.05) is 30.7 Å². The van der Waals surface area contributed by atoms with Crippen molar-refractivity contribution in [2.45, 2.75) is 43.8 Å². The van der Waals surface area contributed by atoms with Gasteiger partial charge in [-0.05, 0) is 72.7 Å². The fourth-order valence-electron chi connectivity index (χ4n) is 6.66. The molecule has 5 atom stereocenters. The lowest BCUT2D eigenvalue weighted by atomic mass is 9.73. The van der Waals surface area contributed by atoms with E-state index < -0.39 is 46.9 Å². The molecular weight excluding hydrogens is 586 g/mol. The molecule has 44 heavy (non-hydrogen) atoms. The van der Waals surface area contributed by atoms with Crippen molar-refractivity contribution in [2.75, 3.05) is 23.7 Å². The zero-order chi connectivity index (χ0) is 31.4. The number of halogens is 6. The Labute approximate surface area is 248 Å². The number of anilines is 2. The summed E-state index contributed by atoms with van der Waals surface area (Å²) in [4.78, 5) is 32.3. The number of hydrogen-bond donors (Lipinski definition) is 2. The molecule has 4 heterocycles. The first-order valence-corrected chi connectivity index (χ1v) is 14.2. The molecule has 3 aliphatic heterocycles. The highest BCUT2D eigenvalue weighted by molar-refractivity contribution is 5.83. The molecule has 3 fully saturated rings. The maximum absolute atomic E-state index is 13.4. The molecule has 0 amide bonds. The molecular formula is C32H28F6N4O2. The van der Waals surface area contributed by atoms with E-state index in [1.165, 1.54) is 0 Å². The Bertz CT molecular complexity index is 1760. The summed E-state index contributed by atoms with van der Waals surface area (Å²) < 4.78 is 80.2. The number of para-hydroxylation sites is 1. The number of fused-ring (bicyclic) bond motifs is 4. The van der Waals surface area contributed by atoms with Crippen molar-refractivity contribution in [3.8, 4) is 0 Å². The topological polar surface area (TPSA) is 74.3 Å². The Hall–Kier alpha value is -4.19. The fraction of sp³-hybridized carbons (Fsp3) is 0.344. The lowest BCUT2D eigenvalue weighted by Gasteiger charge is -2.52. The van der Waals surface area contributed by atoms with E-state index in [-0.39, 0.29) is 29.0 Å². The van der Waals surface area contributed by atoms with Crippen molar-refractivity contribution in [3.05, 3.63) is 110 Å². The average Bonchev–Trinajstić information content (AvgIpc) is 3.01. The second-order valence-corrected chi connectivity index (χ2v) is 11.5. The number of hydrogen-bond acceptors (Lipinski definition) is 6. The van der Waals surface area contributed by atoms with Crippen molar-refractivity contribution in [1.82, 2.24) is 9.88 Å². The zero-order valence-corrected chi connectivity index (χ0v) is 23.3. The molecule has 3 aromatic carbocycles. The SMILES string of the molecule is C=C[C@H]1CN2CC[C@H]1C[C@H]2[C@H](Nc1c(NCc2cc(C(F)(F)F)cc(C(F)(F)F)c2)c(=O)c1=O)c1ccnc2ccccc12. The van der Waals surface area contributed by atoms with Crippen LogP contribution in [0.5, 0.6) is 0 Å². The second kappa shape index (κ2) is 11.1. The van der Waals surface area contributed by atoms with Gasteiger partial charge in [0.25, 0.3) is 10.9 Å². The van der Waals surface area contributed by atoms with E-state index in [0.29, 0.717) is 24.0 Å². The minimum Gasteiger partial charge on any atom is -0.376 e. The van der Waals surface area contributed by atoms with E-state index in [1.807, 2.05) is 36.4 Å². The van der Waals surface area contributed by atoms with Gasteiger partial charge in [0.1, 0.15) is 11.4 Å². The van der Waals surface area contributed by atoms with Crippen LogP contribution in [0.2, 0.25) is 0 Å². The van der Waals surface area contributed by atoms with Gasteiger partial charge < -0.3 is 10.6 Å². The van der Waals surface area contributed by atoms with Crippen LogP contribution >= 0.6 is 0 Å². The molecule has 0 aliphatic carbocycles. The Morgan fingerprint density at radius 3 is 2.30 bits per heavy atom. The highest BCUT2D eigenvalue weighted by Crippen LogP contribution is 2.43. The summed E-state index contributed by atoms with van der Waals surface area (Å²) in [5.41, 5.74) is -3.60. The summed E-state index contributed by atoms with van der Waals surface area (Å²) in [6, 6.07) is 10.1. The molecule has 0 spiro atoms. The van der Waals surface area contributed by atoms with Crippen molar-refractivity contribution in [1.29, 1.82) is 0 Å². The van der Waals surface area contributed by atoms with Crippen molar-refractivity contribution < 1.29 is 26.3 Å². The molecule has 4 aromatic rings. The number of nitrogens with one attached hydrogen (secondary N) is 2. The molecule has 230 valence electrons. The van der Waals surface area contributed by atoms with Crippen molar-refractivity contribution in [3.63, 3.8) is 0 Å². The summed E-state index contributed by atoms with van der Waals surface area (Å²) in [6.45, 7) is 5.08. The van der Waals surface area contributed by atoms with Crippen LogP contribution in [0.15, 0.2) is 77.0 Å². The van der Waals surface area contributed by atoms with Crippen molar-refractivity contribution >= 4 is 22.3 Å². The molecule has 2 N–H and O–H groups in total. The quantitative estimate of drug-likeness (QED) is 0.134. The monoisotopic (exact) mass is 614 g/mol. The number of aromatic nitrogens is 1. The summed E-state index contributed by atoms with van der Waals surface area (Å²) in [5.74, 6) is 0.709. The predicted molar refractivity (Wildman–Crippen MR) is 155 cm³/mol. The number of piperidine rings is 3. The van der Waals surface area contributed by atoms with Crippen LogP contribution in [0.3, 0.4) is 0 Å². The predicted octanol–water partition coefficient (Wildman–Crippen LogP) is 6.53. The summed E-state index contributed by atoms with van der Waals surface area (Å²) in [6.07, 6.45) is -4.58. The third kappa shape index (κ3) is 5.47. The van der Waals surface area contributed by atoms with Gasteiger partial charge in [-0.15, -0.1) is 6.58 Å². The average molecular weight is 615 g/mol. The van der Waals surface area contributed by atoms with Crippen LogP contribution in [-0.2, 0) is 18.9 Å². The summed E-state index contributed by atoms with van der Waals surface area (Å²) in [5, 5.41) is 6.78. The lowest BCUT2D eigenvalue weighted by molar-refractivity contribution is -0.143. The Morgan fingerprint density at radius 1 is 0.977 bits per heavy atom. The van der Waals surface area contributed by atoms with Gasteiger partial charge in [0.05, 0.1) is 22.7 Å². The van der Waals surface area contributed by atoms with Gasteiger partial charge >= 0.3 is 12.4 Å². The third-order valence-corrected chi connectivity index (χ3v) is 8.88. The molecule has 3 saturated heterocycles. The van der Waals surface area contributed by atoms with E-state index in [2.05, 4.69) is 27.1 Å². The first-order valence-electron chi connectivity index (χ1n) is 14.2. The smallest absolute Gasteiger partial charge is 0.376 e. The third-order valence-electron chi connectivity index (χ3n) is 8.88. The molecule has 7 rings (SSSR count). The van der Waals surface area contributed by atoms with Crippen LogP contribution in [0.4, 0.5) is 37.7 Å². The summed E-state index contributed by atoms with van der Waals surface area (Å²) >= 11 is 0. The Morgan fingerprint density at radius 2 is 1.66 bits per heavy atom. The first-order chi connectivity index (χ1) is 20.8. The molecule has 12 heteroatoms. The van der Waals surface area contributed by atoms with Crippen molar-refractivity contribution in [2.24, 2.45) is 11.8 Å². The molecule has 1 unspecified atom stereocenters. The van der Waals surface area contributed by atoms with Crippen LogP contribution in [0, 0.1) is 11.8 Å². The van der Waals surface area contributed by atoms with Crippen LogP contribution in [-0.4, -0.2) is 29.0 Å². The molecule has 3 aliphatic rings. The maximum atomic E-state index is 13.4. The number of benzene rings is 2. The van der Waals surface area contributed by atoms with E-state index in [4.69, 9.17) is 0 Å². The van der Waals surface area contributed by atoms with E-state index in [0.717, 1.165) is 42.4 Å². The Balaban J connectivity index is 1.34. The van der Waals surface area contributed by atoms with Crippen LogP contribution < -0.4 is 21.5 Å². The lowest BCUT2D eigenvalue weighted by Crippen LogP contribution is -2.56. The van der Waals surface area contributed by atoms with E-state index in [1.54, 1.807) is 6.20 Å². The number of alkyl halides is 6. The normalized spacial score (nSPS) is 22.7. The molecule has 0 saturated carbocycles. The standard InChI is InChI=1S/C32H28F6N4O2/c1-2-18-16-42-10-8-19(18)13-25(42)26(23-7-9-39-24-6-4-3-5-22(23)24)41-28-27(29(43)30(28)44)40-15-17-11-20(31(33,34)35)14-21(12-17)32(36,37)38/h2-7,9,11-12,14,18-19,25-26,40-41H,1,8,10,13,15-16H2/t18-,19-,25-,26+/m0/s1. The minimum absolute atomic E-state index is 0.0432. The largest absolute Gasteiger partial charge is 0.416 e. The summed E-state index contributed by atoms with van der Waals surface area (Å²) in [7, 11) is 0. The number of pyridine rings is 1. The van der Waals surface area contributed by atoms with Gasteiger partial charge in [-0.3, -0.25) is 19.5 Å². The zero-order valence-electron chi connectivity index (χ0n) is 23.3. The molecule has 2 bridgehead atoms. The molecule has 0 radical (unpaired) electrons. The van der Waals surface area contributed by atoms with Gasteiger partial charge in [-0.2, -0.15) is 26.3 Å². The first kappa shape index (κ1) is 29.9.